The summed E-state index contributed by atoms with van der Waals surface area (Å²) in [5.41, 5.74) is 16.2. The van der Waals surface area contributed by atoms with Crippen molar-refractivity contribution in [2.45, 2.75) is 13.0 Å². The molecule has 3 rings (SSSR count). The normalized spacial score (nSPS) is 13.9. The summed E-state index contributed by atoms with van der Waals surface area (Å²) in [6, 6.07) is 13.5. The Balaban J connectivity index is 1.97. The molecule has 0 radical (unpaired) electrons. The molecule has 4 heteroatoms. The first-order valence-corrected chi connectivity index (χ1v) is 6.67. The molecule has 0 aromatic heterocycles. The van der Waals surface area contributed by atoms with Crippen molar-refractivity contribution < 1.29 is 4.79 Å². The van der Waals surface area contributed by atoms with Crippen LogP contribution in [0, 0.1) is 0 Å². The van der Waals surface area contributed by atoms with E-state index in [0.29, 0.717) is 5.56 Å². The summed E-state index contributed by atoms with van der Waals surface area (Å²) in [4.78, 5) is 13.7. The second kappa shape index (κ2) is 4.89. The Morgan fingerprint density at radius 3 is 2.70 bits per heavy atom. The summed E-state index contributed by atoms with van der Waals surface area (Å²) in [6.45, 7) is 1.59. The van der Waals surface area contributed by atoms with Gasteiger partial charge >= 0.3 is 0 Å². The minimum absolute atomic E-state index is 0.390. The maximum Gasteiger partial charge on any atom is 0.250 e. The van der Waals surface area contributed by atoms with Crippen LogP contribution in [-0.2, 0) is 13.0 Å². The predicted molar refractivity (Wildman–Crippen MR) is 80.6 cm³/mol. The van der Waals surface area contributed by atoms with E-state index in [9.17, 15) is 4.79 Å². The van der Waals surface area contributed by atoms with Gasteiger partial charge in [-0.2, -0.15) is 0 Å². The lowest BCUT2D eigenvalue weighted by Crippen LogP contribution is -2.32. The fourth-order valence-corrected chi connectivity index (χ4v) is 2.80. The standard InChI is InChI=1S/C16H17N3O/c17-14-6-3-4-11-10-19(9-8-12(11)14)15-7-2-1-5-13(15)16(18)20/h1-7H,8-10,17H2,(H2,18,20). The number of nitrogen functional groups attached to an aromatic ring is 1. The fraction of sp³-hybridized carbons (Fsp3) is 0.188. The highest BCUT2D eigenvalue weighted by molar-refractivity contribution is 5.98. The summed E-state index contributed by atoms with van der Waals surface area (Å²) in [6.07, 6.45) is 0.884. The molecule has 0 atom stereocenters. The number of nitrogens with zero attached hydrogens (tertiary/aromatic N) is 1. The first-order valence-electron chi connectivity index (χ1n) is 6.67. The van der Waals surface area contributed by atoms with Gasteiger partial charge in [0.15, 0.2) is 0 Å². The number of para-hydroxylation sites is 1. The van der Waals surface area contributed by atoms with Gasteiger partial charge in [0.05, 0.1) is 5.56 Å². The van der Waals surface area contributed by atoms with Crippen LogP contribution < -0.4 is 16.4 Å². The zero-order valence-corrected chi connectivity index (χ0v) is 11.2. The third kappa shape index (κ3) is 2.09. The molecule has 1 aliphatic heterocycles. The van der Waals surface area contributed by atoms with Gasteiger partial charge in [0, 0.05) is 24.5 Å². The van der Waals surface area contributed by atoms with Crippen molar-refractivity contribution in [2.75, 3.05) is 17.2 Å². The summed E-state index contributed by atoms with van der Waals surface area (Å²) in [5.74, 6) is -0.390. The number of hydrogen-bond donors (Lipinski definition) is 2. The average molecular weight is 267 g/mol. The minimum atomic E-state index is -0.390. The highest BCUT2D eigenvalue weighted by Crippen LogP contribution is 2.29. The number of carbonyl (C=O) groups is 1. The number of anilines is 2. The van der Waals surface area contributed by atoms with Crippen LogP contribution >= 0.6 is 0 Å². The van der Waals surface area contributed by atoms with Crippen molar-refractivity contribution in [3.8, 4) is 0 Å². The number of rotatable bonds is 2. The molecule has 1 aliphatic rings. The first-order chi connectivity index (χ1) is 9.66. The lowest BCUT2D eigenvalue weighted by molar-refractivity contribution is 0.100. The van der Waals surface area contributed by atoms with E-state index in [1.807, 2.05) is 30.3 Å². The molecule has 4 N–H and O–H groups in total. The molecule has 0 saturated heterocycles. The van der Waals surface area contributed by atoms with E-state index in [1.54, 1.807) is 6.07 Å². The molecule has 0 saturated carbocycles. The Labute approximate surface area is 118 Å². The molecule has 2 aromatic carbocycles. The van der Waals surface area contributed by atoms with Crippen molar-refractivity contribution in [1.29, 1.82) is 0 Å². The molecule has 0 fully saturated rings. The topological polar surface area (TPSA) is 72.4 Å². The van der Waals surface area contributed by atoms with E-state index in [0.717, 1.165) is 30.9 Å². The number of benzene rings is 2. The Morgan fingerprint density at radius 2 is 1.90 bits per heavy atom. The van der Waals surface area contributed by atoms with Crippen LogP contribution in [0.4, 0.5) is 11.4 Å². The van der Waals surface area contributed by atoms with Gasteiger partial charge in [0.2, 0.25) is 0 Å². The van der Waals surface area contributed by atoms with Gasteiger partial charge in [-0.25, -0.2) is 0 Å². The number of fused-ring (bicyclic) bond motifs is 1. The van der Waals surface area contributed by atoms with Gasteiger partial charge in [-0.15, -0.1) is 0 Å². The van der Waals surface area contributed by atoms with Crippen molar-refractivity contribution in [2.24, 2.45) is 5.73 Å². The Kier molecular flexibility index (Phi) is 3.06. The van der Waals surface area contributed by atoms with Gasteiger partial charge in [0.1, 0.15) is 0 Å². The molecule has 20 heavy (non-hydrogen) atoms. The molecule has 0 bridgehead atoms. The summed E-state index contributed by atoms with van der Waals surface area (Å²) >= 11 is 0. The zero-order chi connectivity index (χ0) is 14.1. The largest absolute Gasteiger partial charge is 0.398 e. The molecule has 0 unspecified atom stereocenters. The van der Waals surface area contributed by atoms with E-state index >= 15 is 0 Å². The van der Waals surface area contributed by atoms with Crippen LogP contribution in [0.15, 0.2) is 42.5 Å². The fourth-order valence-electron chi connectivity index (χ4n) is 2.80. The van der Waals surface area contributed by atoms with Crippen LogP contribution in [0.3, 0.4) is 0 Å². The Morgan fingerprint density at radius 1 is 1.10 bits per heavy atom. The van der Waals surface area contributed by atoms with E-state index in [4.69, 9.17) is 11.5 Å². The molecule has 102 valence electrons. The quantitative estimate of drug-likeness (QED) is 0.817. The summed E-state index contributed by atoms with van der Waals surface area (Å²) < 4.78 is 0. The maximum absolute atomic E-state index is 11.5. The third-order valence-electron chi connectivity index (χ3n) is 3.81. The number of nitrogens with two attached hydrogens (primary N) is 2. The molecular formula is C16H17N3O. The molecular weight excluding hydrogens is 250 g/mol. The second-order valence-corrected chi connectivity index (χ2v) is 5.04. The molecule has 0 aliphatic carbocycles. The second-order valence-electron chi connectivity index (χ2n) is 5.04. The number of carbonyl (C=O) groups excluding carboxylic acids is 1. The number of hydrogen-bond acceptors (Lipinski definition) is 3. The van der Waals surface area contributed by atoms with Crippen LogP contribution in [-0.4, -0.2) is 12.5 Å². The number of primary amides is 1. The molecule has 2 aromatic rings. The average Bonchev–Trinajstić information content (AvgIpc) is 2.47. The van der Waals surface area contributed by atoms with E-state index in [-0.39, 0.29) is 5.91 Å². The number of amides is 1. The minimum Gasteiger partial charge on any atom is -0.398 e. The highest BCUT2D eigenvalue weighted by atomic mass is 16.1. The third-order valence-corrected chi connectivity index (χ3v) is 3.81. The lowest BCUT2D eigenvalue weighted by atomic mass is 9.97. The Hall–Kier alpha value is -2.49. The van der Waals surface area contributed by atoms with Crippen LogP contribution in [0.2, 0.25) is 0 Å². The molecule has 1 heterocycles. The van der Waals surface area contributed by atoms with Crippen LogP contribution in [0.1, 0.15) is 21.5 Å². The first kappa shape index (κ1) is 12.5. The van der Waals surface area contributed by atoms with Crippen molar-refractivity contribution >= 4 is 17.3 Å². The van der Waals surface area contributed by atoms with Crippen LogP contribution in [0.25, 0.3) is 0 Å². The molecule has 4 nitrogen and oxygen atoms in total. The predicted octanol–water partition coefficient (Wildman–Crippen LogP) is 1.93. The smallest absolute Gasteiger partial charge is 0.250 e. The van der Waals surface area contributed by atoms with Crippen molar-refractivity contribution in [1.82, 2.24) is 0 Å². The van der Waals surface area contributed by atoms with E-state index in [2.05, 4.69) is 11.0 Å². The van der Waals surface area contributed by atoms with Gasteiger partial charge in [-0.3, -0.25) is 4.79 Å². The highest BCUT2D eigenvalue weighted by Gasteiger charge is 2.21. The van der Waals surface area contributed by atoms with Crippen LogP contribution in [0.5, 0.6) is 0 Å². The molecule has 1 amide bonds. The maximum atomic E-state index is 11.5. The van der Waals surface area contributed by atoms with Crippen molar-refractivity contribution in [3.63, 3.8) is 0 Å². The van der Waals surface area contributed by atoms with Gasteiger partial charge < -0.3 is 16.4 Å². The van der Waals surface area contributed by atoms with E-state index < -0.39 is 0 Å². The van der Waals surface area contributed by atoms with Crippen molar-refractivity contribution in [3.05, 3.63) is 59.2 Å². The Bertz CT molecular complexity index is 667. The zero-order valence-electron chi connectivity index (χ0n) is 11.2. The summed E-state index contributed by atoms with van der Waals surface area (Å²) in [5, 5.41) is 0. The van der Waals surface area contributed by atoms with Gasteiger partial charge in [-0.1, -0.05) is 24.3 Å². The summed E-state index contributed by atoms with van der Waals surface area (Å²) in [7, 11) is 0. The monoisotopic (exact) mass is 267 g/mol. The van der Waals surface area contributed by atoms with Gasteiger partial charge in [-0.05, 0) is 35.7 Å². The van der Waals surface area contributed by atoms with E-state index in [1.165, 1.54) is 11.1 Å². The SMILES string of the molecule is NC(=O)c1ccccc1N1CCc2c(N)cccc2C1. The van der Waals surface area contributed by atoms with Gasteiger partial charge in [0.25, 0.3) is 5.91 Å². The lowest BCUT2D eigenvalue weighted by Gasteiger charge is -2.32. The molecule has 0 spiro atoms.